The van der Waals surface area contributed by atoms with Gasteiger partial charge in [0.15, 0.2) is 20.6 Å². The van der Waals surface area contributed by atoms with Crippen LogP contribution in [0.25, 0.3) is 0 Å². The minimum absolute atomic E-state index is 0.000296. The number of H-pyrrole nitrogens is 1. The maximum absolute atomic E-state index is 15.2. The largest absolute Gasteiger partial charge is 0.497 e. The van der Waals surface area contributed by atoms with Gasteiger partial charge in [-0.05, 0) is 86.8 Å². The molecular weight excluding hydrogens is 819 g/mol. The molecule has 0 aliphatic carbocycles. The number of benzene rings is 3. The second-order valence-corrected chi connectivity index (χ2v) is 24.5. The maximum Gasteiger partial charge on any atom is 0.347 e. The molecule has 5 atom stereocenters. The smallest absolute Gasteiger partial charge is 0.347 e. The van der Waals surface area contributed by atoms with Gasteiger partial charge in [0.05, 0.1) is 39.5 Å². The Morgan fingerprint density at radius 3 is 1.90 bits per heavy atom. The lowest BCUT2D eigenvalue weighted by Gasteiger charge is -2.42. The van der Waals surface area contributed by atoms with Gasteiger partial charge in [0.25, 0.3) is 5.56 Å². The van der Waals surface area contributed by atoms with Crippen molar-refractivity contribution in [3.05, 3.63) is 128 Å². The molecule has 1 unspecified atom stereocenters. The number of nitrogens with zero attached hydrogens (tertiary/aromatic N) is 3. The van der Waals surface area contributed by atoms with Gasteiger partial charge >= 0.3 is 13.6 Å². The summed E-state index contributed by atoms with van der Waals surface area (Å²) in [5.74, 6) is 0.0819. The lowest BCUT2D eigenvalue weighted by molar-refractivity contribution is -0.0947. The van der Waals surface area contributed by atoms with Gasteiger partial charge in [-0.2, -0.15) is 14.2 Å². The summed E-state index contributed by atoms with van der Waals surface area (Å²) in [4.78, 5) is 40.9. The van der Waals surface area contributed by atoms with Gasteiger partial charge in [0.2, 0.25) is 5.82 Å². The minimum Gasteiger partial charge on any atom is -0.497 e. The van der Waals surface area contributed by atoms with Crippen molar-refractivity contribution < 1.29 is 37.2 Å². The molecule has 1 aliphatic rings. The van der Waals surface area contributed by atoms with Gasteiger partial charge in [0, 0.05) is 12.1 Å². The highest BCUT2D eigenvalue weighted by Crippen LogP contribution is 2.64. The van der Waals surface area contributed by atoms with Gasteiger partial charge in [-0.25, -0.2) is 9.69 Å². The number of ether oxygens (including phenoxy) is 4. The Morgan fingerprint density at radius 1 is 0.902 bits per heavy atom. The van der Waals surface area contributed by atoms with E-state index in [0.29, 0.717) is 11.5 Å². The first-order chi connectivity index (χ1) is 28.7. The maximum atomic E-state index is 15.2. The quantitative estimate of drug-likeness (QED) is 0.0565. The van der Waals surface area contributed by atoms with Crippen molar-refractivity contribution in [2.24, 2.45) is 0 Å². The third-order valence-corrected chi connectivity index (χ3v) is 19.1. The van der Waals surface area contributed by atoms with E-state index in [9.17, 15) is 19.7 Å². The molecular formula is C45H61FN4O9PSi+. The van der Waals surface area contributed by atoms with Crippen LogP contribution in [0.4, 0.5) is 4.39 Å². The van der Waals surface area contributed by atoms with Gasteiger partial charge in [0.1, 0.15) is 35.5 Å². The molecule has 0 bridgehead atoms. The molecule has 1 aromatic heterocycles. The Kier molecular flexibility index (Phi) is 15.2. The average molecular weight is 880 g/mol. The van der Waals surface area contributed by atoms with E-state index in [-0.39, 0.29) is 36.3 Å². The fourth-order valence-corrected chi connectivity index (χ4v) is 11.9. The van der Waals surface area contributed by atoms with Crippen LogP contribution in [0, 0.1) is 17.1 Å². The highest BCUT2D eigenvalue weighted by molar-refractivity contribution is 7.63. The first-order valence-corrected chi connectivity index (χ1v) is 25.2. The number of hydrogen-bond acceptors (Lipinski definition) is 11. The lowest BCUT2D eigenvalue weighted by Crippen LogP contribution is -2.51. The summed E-state index contributed by atoms with van der Waals surface area (Å²) >= 11 is 0. The van der Waals surface area contributed by atoms with Gasteiger partial charge in [-0.1, -0.05) is 75.4 Å². The van der Waals surface area contributed by atoms with E-state index >= 15 is 4.39 Å². The van der Waals surface area contributed by atoms with Crippen LogP contribution in [0.2, 0.25) is 18.1 Å². The van der Waals surface area contributed by atoms with Crippen LogP contribution < -0.4 is 20.7 Å². The van der Waals surface area contributed by atoms with Crippen LogP contribution in [0.15, 0.2) is 94.6 Å². The highest BCUT2D eigenvalue weighted by Gasteiger charge is 2.60. The van der Waals surface area contributed by atoms with Crippen LogP contribution in [0.5, 0.6) is 11.5 Å². The summed E-state index contributed by atoms with van der Waals surface area (Å²) in [5, 5.41) is 9.47. The molecule has 5 rings (SSSR count). The second-order valence-electron chi connectivity index (χ2n) is 17.3. The molecule has 0 saturated carbocycles. The van der Waals surface area contributed by atoms with Crippen LogP contribution in [0.1, 0.15) is 77.8 Å². The molecule has 0 spiro atoms. The standard InChI is InChI=1S/C45H60FN4O9PSi/c1-30(2)50(31(3)4)60(53,27-15-26-47)58-39-38(57-42(40(39)59-61(10,11)44(5,6)7)49-28-37(46)41(51)48-43(49)52)29-56-45(32-16-13-12-14-17-32,33-18-22-35(54-8)23-19-33)34-20-24-36(55-9)25-21-34/h12-14,16-25,28,30-31,38-40,42,53H,15,27,29H2,1-11H3/p+1/t38-,39-,40-,42-,60?/m1/s1. The first-order valence-electron chi connectivity index (χ1n) is 20.5. The Bertz CT molecular complexity index is 2170. The molecule has 0 radical (unpaired) electrons. The van der Waals surface area contributed by atoms with Crippen molar-refractivity contribution in [3.63, 3.8) is 0 Å². The van der Waals surface area contributed by atoms with E-state index in [1.54, 1.807) is 14.2 Å². The molecule has 1 saturated heterocycles. The number of rotatable bonds is 18. The molecule has 2 N–H and O–H groups in total. The predicted molar refractivity (Wildman–Crippen MR) is 237 cm³/mol. The number of methoxy groups -OCH3 is 2. The van der Waals surface area contributed by atoms with Crippen molar-refractivity contribution in [2.75, 3.05) is 27.0 Å². The molecule has 13 nitrogen and oxygen atoms in total. The summed E-state index contributed by atoms with van der Waals surface area (Å²) in [6.45, 7) is 17.8. The van der Waals surface area contributed by atoms with Crippen molar-refractivity contribution in [1.82, 2.24) is 14.2 Å². The van der Waals surface area contributed by atoms with E-state index in [2.05, 4.69) is 31.8 Å². The van der Waals surface area contributed by atoms with Crippen molar-refractivity contribution in [3.8, 4) is 17.6 Å². The average Bonchev–Trinajstić information content (AvgIpc) is 3.53. The summed E-state index contributed by atoms with van der Waals surface area (Å²) in [6.07, 6.45) is -3.93. The zero-order valence-electron chi connectivity index (χ0n) is 37.0. The molecule has 330 valence electrons. The SMILES string of the molecule is COc1ccc(C(OC[C@H]2O[C@@H](n3cc(F)c(=O)[nH]c3=O)[C@H](O[Si](C)(C)C(C)(C)C)[C@@H]2O[P+](O)(CCC#N)N(C(C)C)C(C)C)(c2ccccc2)c2ccc(OC)cc2)cc1. The van der Waals surface area contributed by atoms with Gasteiger partial charge < -0.3 is 23.4 Å². The van der Waals surface area contributed by atoms with E-state index in [4.69, 9.17) is 27.9 Å². The molecule has 1 fully saturated rings. The number of aromatic amines is 1. The Labute approximate surface area is 360 Å². The highest BCUT2D eigenvalue weighted by atomic mass is 31.2. The molecule has 3 aromatic carbocycles. The molecule has 1 aliphatic heterocycles. The third-order valence-electron chi connectivity index (χ3n) is 11.6. The molecule has 0 amide bonds. The Hall–Kier alpha value is -4.23. The Balaban J connectivity index is 1.78. The number of nitrogens with one attached hydrogen (secondary N) is 1. The zero-order valence-corrected chi connectivity index (χ0v) is 38.9. The van der Waals surface area contributed by atoms with Crippen molar-refractivity contribution in [1.29, 1.82) is 5.26 Å². The first kappa shape index (κ1) is 47.8. The second kappa shape index (κ2) is 19.4. The normalized spacial score (nSPS) is 19.6. The molecule has 4 aromatic rings. The molecule has 61 heavy (non-hydrogen) atoms. The lowest BCUT2D eigenvalue weighted by atomic mass is 9.80. The topological polar surface area (TPSA) is 158 Å². The third kappa shape index (κ3) is 10.2. The van der Waals surface area contributed by atoms with E-state index in [1.807, 2.05) is 124 Å². The van der Waals surface area contributed by atoms with E-state index in [1.165, 1.54) is 0 Å². The van der Waals surface area contributed by atoms with Crippen molar-refractivity contribution in [2.45, 2.75) is 115 Å². The predicted octanol–water partition coefficient (Wildman–Crippen LogP) is 8.16. The van der Waals surface area contributed by atoms with Crippen LogP contribution in [0.3, 0.4) is 0 Å². The Morgan fingerprint density at radius 2 is 1.43 bits per heavy atom. The summed E-state index contributed by atoms with van der Waals surface area (Å²) in [7, 11) is -3.30. The van der Waals surface area contributed by atoms with Crippen LogP contribution in [-0.2, 0) is 24.0 Å². The summed E-state index contributed by atoms with van der Waals surface area (Å²) in [5.41, 5.74) is -1.15. The zero-order chi connectivity index (χ0) is 44.9. The van der Waals surface area contributed by atoms with Crippen molar-refractivity contribution >= 4 is 16.2 Å². The number of aromatic nitrogens is 2. The summed E-state index contributed by atoms with van der Waals surface area (Å²) in [6, 6.07) is 26.5. The van der Waals surface area contributed by atoms with Crippen LogP contribution >= 0.6 is 7.87 Å². The monoisotopic (exact) mass is 879 g/mol. The van der Waals surface area contributed by atoms with Crippen LogP contribution in [-0.4, -0.2) is 84.8 Å². The summed E-state index contributed by atoms with van der Waals surface area (Å²) < 4.78 is 57.5. The van der Waals surface area contributed by atoms with E-state index < -0.39 is 63.4 Å². The number of hydrogen-bond donors (Lipinski definition) is 2. The molecule has 16 heteroatoms. The van der Waals surface area contributed by atoms with Gasteiger partial charge in [-0.3, -0.25) is 14.3 Å². The van der Waals surface area contributed by atoms with E-state index in [0.717, 1.165) is 27.5 Å². The van der Waals surface area contributed by atoms with Gasteiger partial charge in [-0.15, -0.1) is 4.67 Å². The minimum atomic E-state index is -3.68. The molecule has 2 heterocycles. The number of nitriles is 1. The fraction of sp³-hybridized carbons (Fsp3) is 0.489. The fourth-order valence-electron chi connectivity index (χ4n) is 7.70. The number of halogens is 1.